The van der Waals surface area contributed by atoms with E-state index in [9.17, 15) is 35.1 Å². The molecule has 1 N–H and O–H groups in total. The van der Waals surface area contributed by atoms with Crippen LogP contribution in [0.3, 0.4) is 0 Å². The maximum Gasteiger partial charge on any atom is 0.324 e. The van der Waals surface area contributed by atoms with Crippen LogP contribution in [-0.2, 0) is 13.5 Å². The molecule has 0 radical (unpaired) electrons. The van der Waals surface area contributed by atoms with E-state index in [2.05, 4.69) is 4.98 Å². The van der Waals surface area contributed by atoms with Gasteiger partial charge in [0.15, 0.2) is 0 Å². The molecule has 0 amide bonds. The summed E-state index contributed by atoms with van der Waals surface area (Å²) in [5.41, 5.74) is -1.08. The van der Waals surface area contributed by atoms with Crippen LogP contribution in [0.25, 0.3) is 10.9 Å². The van der Waals surface area contributed by atoms with Crippen molar-refractivity contribution in [2.75, 3.05) is 0 Å². The number of phenols is 1. The van der Waals surface area contributed by atoms with E-state index in [0.717, 1.165) is 16.9 Å². The Balaban J connectivity index is 0.000000199. The van der Waals surface area contributed by atoms with Crippen molar-refractivity contribution in [3.8, 4) is 5.75 Å². The van der Waals surface area contributed by atoms with Crippen molar-refractivity contribution in [1.29, 1.82) is 0 Å². The molecule has 1 heterocycles. The molecular formula is C22H17N5O8. The minimum atomic E-state index is -1.21. The summed E-state index contributed by atoms with van der Waals surface area (Å²) >= 11 is 0. The Labute approximate surface area is 196 Å². The van der Waals surface area contributed by atoms with Crippen molar-refractivity contribution in [3.63, 3.8) is 0 Å². The summed E-state index contributed by atoms with van der Waals surface area (Å²) in [4.78, 5) is 44.0. The molecule has 0 unspecified atom stereocenters. The second-order valence-electron chi connectivity index (χ2n) is 7.18. The van der Waals surface area contributed by atoms with Crippen molar-refractivity contribution in [2.45, 2.75) is 6.42 Å². The summed E-state index contributed by atoms with van der Waals surface area (Å²) in [5, 5.41) is 40.9. The number of para-hydroxylation sites is 1. The lowest BCUT2D eigenvalue weighted by molar-refractivity contribution is -0.404. The molecule has 0 aliphatic rings. The molecule has 1 aromatic heterocycles. The Morgan fingerprint density at radius 3 is 1.94 bits per heavy atom. The maximum absolute atomic E-state index is 12.0. The van der Waals surface area contributed by atoms with Gasteiger partial charge in [-0.15, -0.1) is 0 Å². The third kappa shape index (κ3) is 5.42. The number of phenolic OH excluding ortho intramolecular Hbond substituents is 1. The monoisotopic (exact) mass is 479 g/mol. The first-order valence-electron chi connectivity index (χ1n) is 9.89. The number of nitrogens with zero attached hydrogens (tertiary/aromatic N) is 5. The average molecular weight is 479 g/mol. The van der Waals surface area contributed by atoms with Crippen LogP contribution < -0.4 is 5.56 Å². The smallest absolute Gasteiger partial charge is 0.324 e. The van der Waals surface area contributed by atoms with Gasteiger partial charge in [0, 0.05) is 13.5 Å². The maximum atomic E-state index is 12.0. The van der Waals surface area contributed by atoms with E-state index in [-0.39, 0.29) is 5.56 Å². The molecule has 0 saturated heterocycles. The number of aryl methyl sites for hydroxylation is 1. The van der Waals surface area contributed by atoms with E-state index in [1.807, 2.05) is 66.2 Å². The van der Waals surface area contributed by atoms with Crippen LogP contribution in [0.5, 0.6) is 5.75 Å². The molecule has 0 saturated carbocycles. The zero-order chi connectivity index (χ0) is 25.7. The quantitative estimate of drug-likeness (QED) is 0.329. The lowest BCUT2D eigenvalue weighted by Crippen LogP contribution is -2.17. The SMILES string of the molecule is Cn1c(Cc2ccccc2)nc(=O)c2ccccc21.O=[N+]([O-])c1cc([N+](=O)[O-])c(O)c([N+](=O)[O-])c1. The van der Waals surface area contributed by atoms with Gasteiger partial charge in [-0.1, -0.05) is 42.5 Å². The predicted octanol–water partition coefficient (Wildman–Crippen LogP) is 3.64. The van der Waals surface area contributed by atoms with Crippen molar-refractivity contribution in [2.24, 2.45) is 7.05 Å². The fourth-order valence-electron chi connectivity index (χ4n) is 3.25. The molecular weight excluding hydrogens is 462 g/mol. The summed E-state index contributed by atoms with van der Waals surface area (Å²) in [6.07, 6.45) is 0.664. The van der Waals surface area contributed by atoms with Crippen molar-refractivity contribution in [1.82, 2.24) is 9.55 Å². The fourth-order valence-corrected chi connectivity index (χ4v) is 3.25. The van der Waals surface area contributed by atoms with Gasteiger partial charge >= 0.3 is 11.4 Å². The number of benzene rings is 3. The Kier molecular flexibility index (Phi) is 7.10. The molecule has 13 nitrogen and oxygen atoms in total. The number of aromatic nitrogens is 2. The molecule has 0 spiro atoms. The number of hydrogen-bond acceptors (Lipinski definition) is 9. The summed E-state index contributed by atoms with van der Waals surface area (Å²) in [7, 11) is 1.95. The van der Waals surface area contributed by atoms with Crippen LogP contribution in [0, 0.1) is 30.3 Å². The summed E-state index contributed by atoms with van der Waals surface area (Å²) in [5.74, 6) is -0.421. The van der Waals surface area contributed by atoms with E-state index in [0.29, 0.717) is 23.9 Å². The van der Waals surface area contributed by atoms with Crippen LogP contribution >= 0.6 is 0 Å². The molecule has 0 aliphatic carbocycles. The molecule has 0 fully saturated rings. The standard InChI is InChI=1S/C16H14N2O.C6H3N3O7/c1-18-14-10-6-5-9-13(14)16(19)17-15(18)11-12-7-3-2-4-8-12;10-6-4(8(13)14)1-3(7(11)12)2-5(6)9(15)16/h2-10H,11H2,1H3;1-2,10H. The van der Waals surface area contributed by atoms with E-state index in [1.54, 1.807) is 0 Å². The second kappa shape index (κ2) is 10.2. The highest BCUT2D eigenvalue weighted by molar-refractivity contribution is 5.78. The number of hydrogen-bond donors (Lipinski definition) is 1. The van der Waals surface area contributed by atoms with Gasteiger partial charge in [0.05, 0.1) is 37.8 Å². The Bertz CT molecular complexity index is 1470. The topological polar surface area (TPSA) is 185 Å². The average Bonchev–Trinajstić information content (AvgIpc) is 2.83. The van der Waals surface area contributed by atoms with Gasteiger partial charge in [-0.3, -0.25) is 35.1 Å². The fraction of sp³-hybridized carbons (Fsp3) is 0.0909. The van der Waals surface area contributed by atoms with Crippen LogP contribution in [0.4, 0.5) is 17.1 Å². The largest absolute Gasteiger partial charge is 0.497 e. The number of nitro benzene ring substituents is 3. The number of nitro groups is 3. The molecule has 13 heteroatoms. The lowest BCUT2D eigenvalue weighted by Gasteiger charge is -2.10. The Hall–Kier alpha value is -5.20. The summed E-state index contributed by atoms with van der Waals surface area (Å²) in [6.45, 7) is 0. The van der Waals surface area contributed by atoms with Crippen molar-refractivity contribution < 1.29 is 19.9 Å². The third-order valence-electron chi connectivity index (χ3n) is 4.98. The second-order valence-corrected chi connectivity index (χ2v) is 7.18. The Morgan fingerprint density at radius 1 is 0.857 bits per heavy atom. The molecule has 0 atom stereocenters. The molecule has 35 heavy (non-hydrogen) atoms. The highest BCUT2D eigenvalue weighted by Crippen LogP contribution is 2.38. The van der Waals surface area contributed by atoms with Crippen LogP contribution in [0.2, 0.25) is 0 Å². The number of aromatic hydroxyl groups is 1. The van der Waals surface area contributed by atoms with E-state index >= 15 is 0 Å². The van der Waals surface area contributed by atoms with E-state index in [4.69, 9.17) is 5.11 Å². The van der Waals surface area contributed by atoms with Crippen LogP contribution in [0.15, 0.2) is 71.5 Å². The van der Waals surface area contributed by atoms with E-state index in [1.165, 1.54) is 0 Å². The first kappa shape index (κ1) is 24.4. The highest BCUT2D eigenvalue weighted by atomic mass is 16.6. The van der Waals surface area contributed by atoms with Gasteiger partial charge in [-0.25, -0.2) is 0 Å². The number of rotatable bonds is 5. The lowest BCUT2D eigenvalue weighted by atomic mass is 10.1. The molecule has 4 aromatic rings. The zero-order valence-electron chi connectivity index (χ0n) is 18.1. The van der Waals surface area contributed by atoms with Gasteiger partial charge in [-0.2, -0.15) is 4.98 Å². The van der Waals surface area contributed by atoms with Crippen LogP contribution in [-0.4, -0.2) is 29.4 Å². The first-order chi connectivity index (χ1) is 16.6. The summed E-state index contributed by atoms with van der Waals surface area (Å²) < 4.78 is 1.99. The summed E-state index contributed by atoms with van der Waals surface area (Å²) in [6, 6.07) is 18.5. The molecule has 3 aromatic carbocycles. The molecule has 178 valence electrons. The first-order valence-corrected chi connectivity index (χ1v) is 9.89. The number of fused-ring (bicyclic) bond motifs is 1. The predicted molar refractivity (Wildman–Crippen MR) is 124 cm³/mol. The van der Waals surface area contributed by atoms with E-state index < -0.39 is 37.6 Å². The minimum absolute atomic E-state index is 0.153. The molecule has 4 rings (SSSR count). The van der Waals surface area contributed by atoms with Gasteiger partial charge in [-0.05, 0) is 17.7 Å². The normalized spacial score (nSPS) is 10.3. The van der Waals surface area contributed by atoms with Crippen LogP contribution in [0.1, 0.15) is 11.4 Å². The number of non-ortho nitro benzene ring substituents is 1. The van der Waals surface area contributed by atoms with Crippen molar-refractivity contribution >= 4 is 28.0 Å². The minimum Gasteiger partial charge on any atom is -0.497 e. The highest BCUT2D eigenvalue weighted by Gasteiger charge is 2.30. The zero-order valence-corrected chi connectivity index (χ0v) is 18.1. The van der Waals surface area contributed by atoms with Crippen molar-refractivity contribution in [3.05, 3.63) is 119 Å². The van der Waals surface area contributed by atoms with Gasteiger partial charge in [0.2, 0.25) is 0 Å². The third-order valence-corrected chi connectivity index (χ3v) is 4.98. The van der Waals surface area contributed by atoms with Gasteiger partial charge in [0.25, 0.3) is 17.0 Å². The Morgan fingerprint density at radius 2 is 1.40 bits per heavy atom. The van der Waals surface area contributed by atoms with Gasteiger partial charge < -0.3 is 9.67 Å². The molecule has 0 bridgehead atoms. The molecule has 0 aliphatic heterocycles. The van der Waals surface area contributed by atoms with Gasteiger partial charge in [0.1, 0.15) is 5.82 Å².